The molecule has 0 aliphatic carbocycles. The number of unbranched alkanes of at least 4 members (excludes halogenated alkanes) is 19. The summed E-state index contributed by atoms with van der Waals surface area (Å²) in [6.07, 6.45) is 96.1. The Morgan fingerprint density at radius 2 is 0.500 bits per heavy atom. The van der Waals surface area contributed by atoms with E-state index in [1.807, 2.05) is 36.5 Å². The van der Waals surface area contributed by atoms with Crippen molar-refractivity contribution in [2.24, 2.45) is 0 Å². The van der Waals surface area contributed by atoms with Gasteiger partial charge in [0.25, 0.3) is 0 Å². The minimum atomic E-state index is -5.02. The Kier molecular flexibility index (Phi) is 75.0. The molecule has 0 aliphatic heterocycles. The second-order valence-corrected chi connectivity index (χ2v) is 29.5. The number of phosphoric ester groups is 2. The van der Waals surface area contributed by atoms with Crippen molar-refractivity contribution in [3.63, 3.8) is 0 Å². The quantitative estimate of drug-likeness (QED) is 0.0169. The number of carbonyl (C=O) groups excluding carboxylic acids is 4. The van der Waals surface area contributed by atoms with E-state index in [1.54, 1.807) is 0 Å². The molecule has 5 atom stereocenters. The summed E-state index contributed by atoms with van der Waals surface area (Å²) < 4.78 is 68.5. The minimum Gasteiger partial charge on any atom is -0.462 e. The SMILES string of the molecule is CC/C=C\C/C=C\C/C=C\C/C=C\C/C=C\C/C=C\CCC(=O)O[C@H](COC(=O)CCCCCCC/C=C\C/C=C\CCCCC)COP(=O)(O)OC[C@@H](O)COP(=O)(O)OC[C@@H](COC(=O)CCCCCCC/C=C\C/C=C\CCCCC)OC(=O)CC/C=C\C/C=C\C/C=C\C/C=C\C/C=C\CCCCC. The highest BCUT2D eigenvalue weighted by Crippen LogP contribution is 2.45. The average molecular weight is 1550 g/mol. The molecule has 0 radical (unpaired) electrons. The van der Waals surface area contributed by atoms with Gasteiger partial charge in [-0.1, -0.05) is 287 Å². The zero-order valence-corrected chi connectivity index (χ0v) is 68.7. The Bertz CT molecular complexity index is 2760. The van der Waals surface area contributed by atoms with E-state index in [2.05, 4.69) is 174 Å². The number of aliphatic hydroxyl groups excluding tert-OH is 1. The normalized spacial score (nSPS) is 14.8. The van der Waals surface area contributed by atoms with Crippen molar-refractivity contribution in [2.45, 2.75) is 316 Å². The van der Waals surface area contributed by atoms with Crippen molar-refractivity contribution in [3.05, 3.63) is 182 Å². The van der Waals surface area contributed by atoms with Crippen LogP contribution in [0.5, 0.6) is 0 Å². The summed E-state index contributed by atoms with van der Waals surface area (Å²) in [6.45, 7) is 4.46. The van der Waals surface area contributed by atoms with E-state index >= 15 is 0 Å². The molecule has 0 saturated carbocycles. The van der Waals surface area contributed by atoms with Crippen LogP contribution in [0.25, 0.3) is 0 Å². The predicted molar refractivity (Wildman–Crippen MR) is 445 cm³/mol. The van der Waals surface area contributed by atoms with Crippen LogP contribution >= 0.6 is 15.6 Å². The van der Waals surface area contributed by atoms with Gasteiger partial charge in [0.1, 0.15) is 19.3 Å². The smallest absolute Gasteiger partial charge is 0.462 e. The number of aliphatic hydroxyl groups is 1. The van der Waals surface area contributed by atoms with Crippen LogP contribution in [-0.4, -0.2) is 96.7 Å². The van der Waals surface area contributed by atoms with Crippen molar-refractivity contribution in [1.82, 2.24) is 0 Å². The highest BCUT2D eigenvalue weighted by atomic mass is 31.2. The van der Waals surface area contributed by atoms with E-state index in [1.165, 1.54) is 57.8 Å². The van der Waals surface area contributed by atoms with Crippen molar-refractivity contribution in [2.75, 3.05) is 39.6 Å². The van der Waals surface area contributed by atoms with Crippen molar-refractivity contribution >= 4 is 39.5 Å². The molecule has 0 fully saturated rings. The van der Waals surface area contributed by atoms with Crippen LogP contribution in [0, 0.1) is 0 Å². The lowest BCUT2D eigenvalue weighted by Crippen LogP contribution is -2.30. The first-order chi connectivity index (χ1) is 52.7. The zero-order chi connectivity index (χ0) is 78.9. The molecular weight excluding hydrogens is 1400 g/mol. The number of rotatable bonds is 75. The van der Waals surface area contributed by atoms with E-state index in [9.17, 15) is 43.2 Å². The fraction of sp³-hybridized carbons (Fsp3) is 0.618. The molecule has 0 rings (SSSR count). The zero-order valence-electron chi connectivity index (χ0n) is 66.9. The lowest BCUT2D eigenvalue weighted by molar-refractivity contribution is -0.161. The number of hydrogen-bond acceptors (Lipinski definition) is 15. The molecule has 0 heterocycles. The second kappa shape index (κ2) is 79.3. The molecule has 19 heteroatoms. The molecular formula is C89H144O17P2. The summed E-state index contributed by atoms with van der Waals surface area (Å²) in [5.41, 5.74) is 0. The number of allylic oxidation sites excluding steroid dienone is 30. The van der Waals surface area contributed by atoms with Crippen LogP contribution in [-0.2, 0) is 65.4 Å². The number of ether oxygens (including phenoxy) is 4. The molecule has 0 saturated heterocycles. The third-order valence-electron chi connectivity index (χ3n) is 16.4. The largest absolute Gasteiger partial charge is 0.472 e. The Balaban J connectivity index is 5.55. The monoisotopic (exact) mass is 1550 g/mol. The Morgan fingerprint density at radius 1 is 0.269 bits per heavy atom. The molecule has 17 nitrogen and oxygen atoms in total. The van der Waals surface area contributed by atoms with Gasteiger partial charge in [0.2, 0.25) is 0 Å². The highest BCUT2D eigenvalue weighted by molar-refractivity contribution is 7.47. The number of carbonyl (C=O) groups is 4. The number of phosphoric acid groups is 2. The topological polar surface area (TPSA) is 237 Å². The van der Waals surface area contributed by atoms with E-state index in [4.69, 9.17) is 37.0 Å². The van der Waals surface area contributed by atoms with Gasteiger partial charge in [0.15, 0.2) is 12.2 Å². The maximum absolute atomic E-state index is 13.1. The molecule has 0 aromatic heterocycles. The van der Waals surface area contributed by atoms with Gasteiger partial charge in [0, 0.05) is 25.7 Å². The summed E-state index contributed by atoms with van der Waals surface area (Å²) in [4.78, 5) is 73.1. The predicted octanol–water partition coefficient (Wildman–Crippen LogP) is 24.3. The molecule has 0 spiro atoms. The van der Waals surface area contributed by atoms with Crippen molar-refractivity contribution < 1.29 is 80.2 Å². The first-order valence-corrected chi connectivity index (χ1v) is 44.0. The molecule has 0 bridgehead atoms. The summed E-state index contributed by atoms with van der Waals surface area (Å²) in [6, 6.07) is 0. The highest BCUT2D eigenvalue weighted by Gasteiger charge is 2.30. The van der Waals surface area contributed by atoms with Crippen LogP contribution in [0.1, 0.15) is 297 Å². The first kappa shape index (κ1) is 102. The Hall–Kier alpha value is -5.84. The van der Waals surface area contributed by atoms with E-state index in [0.29, 0.717) is 38.5 Å². The van der Waals surface area contributed by atoms with E-state index < -0.39 is 97.5 Å². The number of esters is 4. The van der Waals surface area contributed by atoms with Crippen LogP contribution in [0.2, 0.25) is 0 Å². The van der Waals surface area contributed by atoms with Gasteiger partial charge in [-0.3, -0.25) is 37.3 Å². The maximum Gasteiger partial charge on any atom is 0.472 e. The third-order valence-corrected chi connectivity index (χ3v) is 18.3. The minimum absolute atomic E-state index is 0.0401. The van der Waals surface area contributed by atoms with Gasteiger partial charge < -0.3 is 33.8 Å². The molecule has 108 heavy (non-hydrogen) atoms. The Morgan fingerprint density at radius 3 is 0.778 bits per heavy atom. The van der Waals surface area contributed by atoms with Crippen molar-refractivity contribution in [3.8, 4) is 0 Å². The number of hydrogen-bond donors (Lipinski definition) is 3. The molecule has 2 unspecified atom stereocenters. The lowest BCUT2D eigenvalue weighted by Gasteiger charge is -2.21. The molecule has 0 aromatic rings. The Labute approximate surface area is 654 Å². The standard InChI is InChI=1S/C89H144O17P2/c1-5-9-13-17-21-25-29-33-37-39-41-43-47-51-55-59-63-67-71-75-88(93)105-84(79-99-86(91)73-69-65-61-57-53-49-45-35-31-27-23-19-15-11-7-3)81-103-107(95,96)101-77-83(90)78-102-108(97,98)104-82-85(80-100-87(92)74-70-66-62-58-54-50-46-36-32-28-24-20-16-12-8-4)106-89(94)76-72-68-64-60-56-52-48-44-42-40-38-34-30-26-22-18-14-10-6-2/h9,13,21-28,33-38,41-46,51-52,55-56,63-64,67-68,83-85,90H,5-8,10-12,14-20,29-32,39-40,47-50,53-54,57-62,65-66,69-82H2,1-4H3,(H,95,96)(H,97,98)/b13-9-,25-21-,26-22-,27-23-,28-24-,37-33-,38-34-,43-41-,44-42-,45-35-,46-36-,55-51-,56-52-,67-63-,68-64-/t83-,84-,85-/m1/s1. The summed E-state index contributed by atoms with van der Waals surface area (Å²) in [7, 11) is -10.0. The van der Waals surface area contributed by atoms with Crippen LogP contribution < -0.4 is 0 Å². The average Bonchev–Trinajstić information content (AvgIpc) is 0.907. The molecule has 612 valence electrons. The van der Waals surface area contributed by atoms with Crippen molar-refractivity contribution in [1.29, 1.82) is 0 Å². The van der Waals surface area contributed by atoms with E-state index in [-0.39, 0.29) is 25.7 Å². The third kappa shape index (κ3) is 78.3. The van der Waals surface area contributed by atoms with Crippen LogP contribution in [0.3, 0.4) is 0 Å². The molecule has 0 aliphatic rings. The molecule has 0 amide bonds. The maximum atomic E-state index is 13.1. The van der Waals surface area contributed by atoms with Gasteiger partial charge in [-0.05, 0) is 167 Å². The summed E-state index contributed by atoms with van der Waals surface area (Å²) >= 11 is 0. The molecule has 0 aromatic carbocycles. The lowest BCUT2D eigenvalue weighted by atomic mass is 10.1. The first-order valence-electron chi connectivity index (χ1n) is 41.0. The summed E-state index contributed by atoms with van der Waals surface area (Å²) in [5.74, 6) is -2.42. The molecule has 3 N–H and O–H groups in total. The van der Waals surface area contributed by atoms with Crippen LogP contribution in [0.4, 0.5) is 0 Å². The van der Waals surface area contributed by atoms with Gasteiger partial charge in [-0.15, -0.1) is 0 Å². The fourth-order valence-corrected chi connectivity index (χ4v) is 11.7. The van der Waals surface area contributed by atoms with Gasteiger partial charge in [-0.25, -0.2) is 9.13 Å². The van der Waals surface area contributed by atoms with Crippen LogP contribution in [0.15, 0.2) is 182 Å². The second-order valence-electron chi connectivity index (χ2n) is 26.6. The van der Waals surface area contributed by atoms with Gasteiger partial charge in [-0.2, -0.15) is 0 Å². The van der Waals surface area contributed by atoms with Gasteiger partial charge in [0.05, 0.1) is 26.4 Å². The van der Waals surface area contributed by atoms with E-state index in [0.717, 1.165) is 148 Å². The summed E-state index contributed by atoms with van der Waals surface area (Å²) in [5, 5.41) is 10.7. The fourth-order valence-electron chi connectivity index (χ4n) is 10.1. The van der Waals surface area contributed by atoms with Gasteiger partial charge >= 0.3 is 39.5 Å².